The van der Waals surface area contributed by atoms with E-state index >= 15 is 0 Å². The monoisotopic (exact) mass is 351 g/mol. The van der Waals surface area contributed by atoms with Gasteiger partial charge in [-0.1, -0.05) is 18.2 Å². The number of nitrogens with one attached hydrogen (secondary N) is 2. The summed E-state index contributed by atoms with van der Waals surface area (Å²) in [7, 11) is 0. The van der Waals surface area contributed by atoms with Gasteiger partial charge in [-0.3, -0.25) is 10.3 Å². The molecule has 3 rings (SSSR count). The van der Waals surface area contributed by atoms with Gasteiger partial charge in [0.05, 0.1) is 12.3 Å². The van der Waals surface area contributed by atoms with Gasteiger partial charge in [0.25, 0.3) is 0 Å². The molecule has 2 amide bonds. The first-order valence-electron chi connectivity index (χ1n) is 8.39. The Kier molecular flexibility index (Phi) is 5.40. The Morgan fingerprint density at radius 1 is 1.15 bits per heavy atom. The number of anilines is 1. The molecule has 0 aliphatic rings. The Morgan fingerprint density at radius 3 is 2.65 bits per heavy atom. The molecule has 1 aromatic carbocycles. The second-order valence-electron chi connectivity index (χ2n) is 5.77. The number of hydrogen-bond donors (Lipinski definition) is 4. The number of hydrogen-bond acceptors (Lipinski definition) is 5. The van der Waals surface area contributed by atoms with Gasteiger partial charge in [0, 0.05) is 36.4 Å². The minimum atomic E-state index is -0.301. The highest BCUT2D eigenvalue weighted by atomic mass is 16.3. The average molecular weight is 351 g/mol. The van der Waals surface area contributed by atoms with Crippen molar-refractivity contribution in [3.05, 3.63) is 54.0 Å². The largest absolute Gasteiger partial charge is 0.390 e. The molecule has 0 unspecified atom stereocenters. The molecule has 7 nitrogen and oxygen atoms in total. The van der Waals surface area contributed by atoms with Gasteiger partial charge in [-0.2, -0.15) is 0 Å². The second-order valence-corrected chi connectivity index (χ2v) is 5.77. The fourth-order valence-electron chi connectivity index (χ4n) is 2.79. The number of aliphatic hydroxyl groups excluding tert-OH is 1. The molecular weight excluding hydrogens is 330 g/mol. The Balaban J connectivity index is 2.10. The predicted molar refractivity (Wildman–Crippen MR) is 101 cm³/mol. The van der Waals surface area contributed by atoms with Crippen molar-refractivity contribution >= 4 is 22.6 Å². The molecular formula is C19H21N5O2. The Bertz CT molecular complexity index is 925. The number of amides is 2. The minimum Gasteiger partial charge on any atom is -0.390 e. The van der Waals surface area contributed by atoms with Crippen LogP contribution in [-0.2, 0) is 13.2 Å². The number of rotatable bonds is 5. The van der Waals surface area contributed by atoms with Crippen LogP contribution < -0.4 is 16.4 Å². The average Bonchev–Trinajstić information content (AvgIpc) is 2.67. The minimum absolute atomic E-state index is 0.0995. The van der Waals surface area contributed by atoms with Crippen molar-refractivity contribution in [2.75, 3.05) is 11.9 Å². The van der Waals surface area contributed by atoms with Crippen molar-refractivity contribution in [3.8, 4) is 11.1 Å². The molecule has 0 saturated heterocycles. The van der Waals surface area contributed by atoms with Crippen molar-refractivity contribution < 1.29 is 9.90 Å². The first kappa shape index (κ1) is 17.8. The highest BCUT2D eigenvalue weighted by molar-refractivity contribution is 6.00. The van der Waals surface area contributed by atoms with Crippen LogP contribution in [0.3, 0.4) is 0 Å². The summed E-state index contributed by atoms with van der Waals surface area (Å²) >= 11 is 0. The molecule has 7 heteroatoms. The molecule has 0 aliphatic heterocycles. The Labute approximate surface area is 151 Å². The molecule has 0 fully saturated rings. The first-order valence-corrected chi connectivity index (χ1v) is 8.39. The summed E-state index contributed by atoms with van der Waals surface area (Å²) in [6.45, 7) is 2.67. The summed E-state index contributed by atoms with van der Waals surface area (Å²) in [5, 5.41) is 16.4. The number of urea groups is 1. The first-order chi connectivity index (χ1) is 12.7. The summed E-state index contributed by atoms with van der Waals surface area (Å²) in [5.41, 5.74) is 9.30. The second kappa shape index (κ2) is 7.90. The zero-order chi connectivity index (χ0) is 18.5. The number of aliphatic hydroxyl groups is 1. The number of nitrogens with zero attached hydrogens (tertiary/aromatic N) is 2. The Morgan fingerprint density at radius 2 is 2.00 bits per heavy atom. The highest BCUT2D eigenvalue weighted by Gasteiger charge is 2.11. The van der Waals surface area contributed by atoms with Crippen molar-refractivity contribution in [2.24, 2.45) is 5.73 Å². The van der Waals surface area contributed by atoms with E-state index in [1.807, 2.05) is 31.2 Å². The lowest BCUT2D eigenvalue weighted by molar-refractivity contribution is 0.252. The molecule has 0 aliphatic carbocycles. The van der Waals surface area contributed by atoms with Gasteiger partial charge in [0.2, 0.25) is 0 Å². The molecule has 0 spiro atoms. The highest BCUT2D eigenvalue weighted by Crippen LogP contribution is 2.31. The molecule has 2 heterocycles. The number of carbonyl (C=O) groups is 1. The maximum atomic E-state index is 11.8. The van der Waals surface area contributed by atoms with Crippen LogP contribution in [0.25, 0.3) is 21.9 Å². The quantitative estimate of drug-likeness (QED) is 0.564. The van der Waals surface area contributed by atoms with Gasteiger partial charge in [-0.05, 0) is 35.6 Å². The van der Waals surface area contributed by atoms with E-state index in [0.717, 1.165) is 27.5 Å². The number of carbonyl (C=O) groups excluding carboxylic acids is 1. The van der Waals surface area contributed by atoms with Crippen LogP contribution in [0, 0.1) is 0 Å². The van der Waals surface area contributed by atoms with E-state index in [0.29, 0.717) is 24.6 Å². The summed E-state index contributed by atoms with van der Waals surface area (Å²) in [6.07, 6.45) is 3.44. The molecule has 2 aromatic heterocycles. The molecule has 5 N–H and O–H groups in total. The van der Waals surface area contributed by atoms with E-state index in [9.17, 15) is 9.90 Å². The van der Waals surface area contributed by atoms with Gasteiger partial charge in [-0.15, -0.1) is 0 Å². The summed E-state index contributed by atoms with van der Waals surface area (Å²) in [5.74, 6) is 0.457. The molecule has 3 aromatic rings. The van der Waals surface area contributed by atoms with Gasteiger partial charge < -0.3 is 16.2 Å². The zero-order valence-corrected chi connectivity index (χ0v) is 14.5. The van der Waals surface area contributed by atoms with E-state index in [1.165, 1.54) is 0 Å². The van der Waals surface area contributed by atoms with E-state index < -0.39 is 0 Å². The third kappa shape index (κ3) is 3.63. The zero-order valence-electron chi connectivity index (χ0n) is 14.5. The summed E-state index contributed by atoms with van der Waals surface area (Å²) in [6, 6.07) is 9.18. The van der Waals surface area contributed by atoms with Crippen molar-refractivity contribution in [2.45, 2.75) is 20.1 Å². The Hall–Kier alpha value is -3.03. The van der Waals surface area contributed by atoms with Crippen LogP contribution in [0.2, 0.25) is 0 Å². The molecule has 26 heavy (non-hydrogen) atoms. The normalized spacial score (nSPS) is 10.7. The van der Waals surface area contributed by atoms with E-state index in [1.54, 1.807) is 18.5 Å². The number of pyridine rings is 2. The molecule has 0 bridgehead atoms. The standard InChI is InChI=1S/C19H21N5O2/c1-2-21-19(26)24-18-7-16-15(13-3-5-14(11-25)22-9-13)6-4-12(8-20)17(16)10-23-18/h3-7,9-10,25H,2,8,11,20H2,1H3,(H2,21,23,24,26). The predicted octanol–water partition coefficient (Wildman–Crippen LogP) is 2.39. The van der Waals surface area contributed by atoms with Crippen LogP contribution in [0.4, 0.5) is 10.6 Å². The maximum absolute atomic E-state index is 11.8. The van der Waals surface area contributed by atoms with Crippen molar-refractivity contribution in [1.82, 2.24) is 15.3 Å². The topological polar surface area (TPSA) is 113 Å². The number of fused-ring (bicyclic) bond motifs is 1. The maximum Gasteiger partial charge on any atom is 0.320 e. The van der Waals surface area contributed by atoms with Crippen LogP contribution >= 0.6 is 0 Å². The number of benzene rings is 1. The molecule has 0 radical (unpaired) electrons. The van der Waals surface area contributed by atoms with Crippen LogP contribution in [-0.4, -0.2) is 27.7 Å². The third-order valence-electron chi connectivity index (χ3n) is 4.09. The smallest absolute Gasteiger partial charge is 0.320 e. The fraction of sp³-hybridized carbons (Fsp3) is 0.211. The van der Waals surface area contributed by atoms with E-state index in [4.69, 9.17) is 5.73 Å². The van der Waals surface area contributed by atoms with Gasteiger partial charge in [0.1, 0.15) is 5.82 Å². The fourth-order valence-corrected chi connectivity index (χ4v) is 2.79. The van der Waals surface area contributed by atoms with Gasteiger partial charge in [-0.25, -0.2) is 9.78 Å². The lowest BCUT2D eigenvalue weighted by Crippen LogP contribution is -2.28. The SMILES string of the molecule is CCNC(=O)Nc1cc2c(-c3ccc(CO)nc3)ccc(CN)c2cn1. The lowest BCUT2D eigenvalue weighted by Gasteiger charge is -2.12. The molecule has 0 atom stereocenters. The third-order valence-corrected chi connectivity index (χ3v) is 4.09. The number of nitrogens with two attached hydrogens (primary N) is 1. The summed E-state index contributed by atoms with van der Waals surface area (Å²) < 4.78 is 0. The van der Waals surface area contributed by atoms with Crippen molar-refractivity contribution in [1.29, 1.82) is 0 Å². The van der Waals surface area contributed by atoms with Crippen molar-refractivity contribution in [3.63, 3.8) is 0 Å². The van der Waals surface area contributed by atoms with Crippen LogP contribution in [0.5, 0.6) is 0 Å². The van der Waals surface area contributed by atoms with Crippen LogP contribution in [0.15, 0.2) is 42.7 Å². The van der Waals surface area contributed by atoms with Gasteiger partial charge in [0.15, 0.2) is 0 Å². The molecule has 134 valence electrons. The summed E-state index contributed by atoms with van der Waals surface area (Å²) in [4.78, 5) is 20.4. The lowest BCUT2D eigenvalue weighted by atomic mass is 9.97. The van der Waals surface area contributed by atoms with E-state index in [2.05, 4.69) is 20.6 Å². The van der Waals surface area contributed by atoms with Gasteiger partial charge >= 0.3 is 6.03 Å². The van der Waals surface area contributed by atoms with E-state index in [-0.39, 0.29) is 12.6 Å². The van der Waals surface area contributed by atoms with Crippen LogP contribution in [0.1, 0.15) is 18.2 Å². The molecule has 0 saturated carbocycles. The number of aromatic nitrogens is 2.